The lowest BCUT2D eigenvalue weighted by Gasteiger charge is -2.08. The summed E-state index contributed by atoms with van der Waals surface area (Å²) in [6.45, 7) is 0. The lowest BCUT2D eigenvalue weighted by molar-refractivity contribution is 0.103. The van der Waals surface area contributed by atoms with Crippen molar-refractivity contribution in [2.75, 3.05) is 16.9 Å². The van der Waals surface area contributed by atoms with Crippen LogP contribution in [0, 0.1) is 0 Å². The van der Waals surface area contributed by atoms with Crippen molar-refractivity contribution in [1.82, 2.24) is 0 Å². The maximum Gasteiger partial charge on any atom is 0.265 e. The molecule has 1 aromatic heterocycles. The number of carbonyl (C=O) groups excluding carboxylic acids is 1. The van der Waals surface area contributed by atoms with Gasteiger partial charge in [-0.05, 0) is 47.9 Å². The molecule has 1 amide bonds. The number of thioether (sulfide) groups is 1. The highest BCUT2D eigenvalue weighted by Gasteiger charge is 2.17. The third kappa shape index (κ3) is 3.62. The maximum atomic E-state index is 12.3. The summed E-state index contributed by atoms with van der Waals surface area (Å²) in [6.07, 6.45) is 1.94. The first-order chi connectivity index (χ1) is 10.3. The zero-order valence-corrected chi connectivity index (χ0v) is 13.9. The smallest absolute Gasteiger partial charge is 0.265 e. The number of hydrogen-bond acceptors (Lipinski definition) is 3. The van der Waals surface area contributed by atoms with Crippen LogP contribution < -0.4 is 5.32 Å². The normalized spacial score (nSPS) is 13.8. The van der Waals surface area contributed by atoms with E-state index in [9.17, 15) is 4.79 Å². The van der Waals surface area contributed by atoms with E-state index in [0.29, 0.717) is 5.88 Å². The fourth-order valence-corrected chi connectivity index (χ4v) is 4.80. The third-order valence-electron chi connectivity index (χ3n) is 3.45. The highest BCUT2D eigenvalue weighted by molar-refractivity contribution is 7.98. The van der Waals surface area contributed by atoms with Gasteiger partial charge in [0.2, 0.25) is 0 Å². The molecule has 1 N–H and O–H groups in total. The molecule has 2 heterocycles. The molecule has 3 rings (SSSR count). The van der Waals surface area contributed by atoms with Crippen molar-refractivity contribution < 1.29 is 4.79 Å². The number of alkyl halides is 1. The second-order valence-corrected chi connectivity index (χ2v) is 7.57. The highest BCUT2D eigenvalue weighted by atomic mass is 35.5. The molecule has 0 atom stereocenters. The minimum atomic E-state index is -0.00973. The van der Waals surface area contributed by atoms with Crippen LogP contribution in [0.1, 0.15) is 25.7 Å². The molecule has 0 saturated heterocycles. The van der Waals surface area contributed by atoms with E-state index in [2.05, 4.69) is 5.32 Å². The number of halogens is 1. The van der Waals surface area contributed by atoms with E-state index in [-0.39, 0.29) is 5.91 Å². The van der Waals surface area contributed by atoms with Crippen molar-refractivity contribution in [3.63, 3.8) is 0 Å². The van der Waals surface area contributed by atoms with Gasteiger partial charge < -0.3 is 5.32 Å². The Morgan fingerprint density at radius 2 is 2.10 bits per heavy atom. The van der Waals surface area contributed by atoms with E-state index >= 15 is 0 Å². The minimum absolute atomic E-state index is 0.00973. The van der Waals surface area contributed by atoms with Crippen LogP contribution in [0.25, 0.3) is 0 Å². The summed E-state index contributed by atoms with van der Waals surface area (Å²) >= 11 is 9.29. The zero-order valence-electron chi connectivity index (χ0n) is 11.5. The average Bonchev–Trinajstić information content (AvgIpc) is 2.94. The third-order valence-corrected chi connectivity index (χ3v) is 5.88. The van der Waals surface area contributed by atoms with Crippen molar-refractivity contribution in [1.29, 1.82) is 0 Å². The second-order valence-electron chi connectivity index (χ2n) is 4.95. The Morgan fingerprint density at radius 3 is 2.81 bits per heavy atom. The summed E-state index contributed by atoms with van der Waals surface area (Å²) in [4.78, 5) is 14.5. The number of thiophene rings is 1. The zero-order chi connectivity index (χ0) is 14.7. The number of aryl methyl sites for hydroxylation is 2. The quantitative estimate of drug-likeness (QED) is 0.828. The van der Waals surface area contributed by atoms with Crippen LogP contribution in [0.15, 0.2) is 30.3 Å². The lowest BCUT2D eigenvalue weighted by Crippen LogP contribution is -2.10. The Morgan fingerprint density at radius 1 is 1.29 bits per heavy atom. The molecule has 2 aromatic rings. The van der Waals surface area contributed by atoms with Crippen LogP contribution in [-0.4, -0.2) is 17.5 Å². The summed E-state index contributed by atoms with van der Waals surface area (Å²) < 4.78 is 0. The van der Waals surface area contributed by atoms with Gasteiger partial charge in [-0.3, -0.25) is 4.79 Å². The van der Waals surface area contributed by atoms with Gasteiger partial charge in [0.25, 0.3) is 5.91 Å². The number of rotatable bonds is 4. The molecule has 1 aromatic carbocycles. The molecule has 0 spiro atoms. The molecule has 1 aliphatic rings. The van der Waals surface area contributed by atoms with E-state index in [4.69, 9.17) is 11.6 Å². The first kappa shape index (κ1) is 14.9. The van der Waals surface area contributed by atoms with E-state index < -0.39 is 0 Å². The van der Waals surface area contributed by atoms with Gasteiger partial charge in [-0.2, -0.15) is 11.8 Å². The number of anilines is 1. The number of hydrogen-bond donors (Lipinski definition) is 1. The molecule has 1 aliphatic heterocycles. The van der Waals surface area contributed by atoms with Gasteiger partial charge in [-0.15, -0.1) is 22.9 Å². The number of nitrogens with one attached hydrogen (secondary N) is 1. The van der Waals surface area contributed by atoms with Gasteiger partial charge in [0, 0.05) is 22.2 Å². The van der Waals surface area contributed by atoms with Crippen LogP contribution >= 0.6 is 34.7 Å². The molecule has 5 heteroatoms. The van der Waals surface area contributed by atoms with Crippen molar-refractivity contribution in [3.05, 3.63) is 51.2 Å². The SMILES string of the molecule is O=C(Nc1ccc(CCCl)cc1)c1cc2c(s1)CCSC2. The van der Waals surface area contributed by atoms with Gasteiger partial charge >= 0.3 is 0 Å². The van der Waals surface area contributed by atoms with E-state index in [1.165, 1.54) is 16.0 Å². The van der Waals surface area contributed by atoms with Crippen LogP contribution in [0.2, 0.25) is 0 Å². The van der Waals surface area contributed by atoms with Crippen molar-refractivity contribution in [3.8, 4) is 0 Å². The summed E-state index contributed by atoms with van der Waals surface area (Å²) in [5, 5.41) is 2.97. The maximum absolute atomic E-state index is 12.3. The molecular weight excluding hydrogens is 322 g/mol. The van der Waals surface area contributed by atoms with Crippen LogP contribution in [0.5, 0.6) is 0 Å². The van der Waals surface area contributed by atoms with Crippen LogP contribution in [-0.2, 0) is 18.6 Å². The number of benzene rings is 1. The largest absolute Gasteiger partial charge is 0.321 e. The standard InChI is InChI=1S/C16H16ClNOS2/c17-7-5-11-1-3-13(4-2-11)18-16(19)15-9-12-10-20-8-6-14(12)21-15/h1-4,9H,5-8,10H2,(H,18,19). The minimum Gasteiger partial charge on any atom is -0.321 e. The average molecular weight is 338 g/mol. The van der Waals surface area contributed by atoms with Crippen LogP contribution in [0.3, 0.4) is 0 Å². The first-order valence-corrected chi connectivity index (χ1v) is 9.42. The van der Waals surface area contributed by atoms with Crippen molar-refractivity contribution >= 4 is 46.3 Å². The Balaban J connectivity index is 1.69. The topological polar surface area (TPSA) is 29.1 Å². The monoisotopic (exact) mass is 337 g/mol. The Labute approximate surface area is 137 Å². The fourth-order valence-electron chi connectivity index (χ4n) is 2.32. The van der Waals surface area contributed by atoms with Crippen molar-refractivity contribution in [2.45, 2.75) is 18.6 Å². The Hall–Kier alpha value is -0.970. The summed E-state index contributed by atoms with van der Waals surface area (Å²) in [5.41, 5.74) is 3.35. The predicted octanol–water partition coefficient (Wildman–Crippen LogP) is 4.57. The summed E-state index contributed by atoms with van der Waals surface area (Å²) in [7, 11) is 0. The van der Waals surface area contributed by atoms with Gasteiger partial charge in [0.15, 0.2) is 0 Å². The van der Waals surface area contributed by atoms with Gasteiger partial charge in [0.05, 0.1) is 4.88 Å². The fraction of sp³-hybridized carbons (Fsp3) is 0.312. The summed E-state index contributed by atoms with van der Waals surface area (Å²) in [6, 6.07) is 9.93. The molecule has 0 bridgehead atoms. The second kappa shape index (κ2) is 6.86. The van der Waals surface area contributed by atoms with E-state index in [1.54, 1.807) is 11.3 Å². The predicted molar refractivity (Wildman–Crippen MR) is 93.0 cm³/mol. The number of amides is 1. The Bertz CT molecular complexity index is 613. The molecular formula is C16H16ClNOS2. The van der Waals surface area contributed by atoms with Gasteiger partial charge in [0.1, 0.15) is 0 Å². The molecule has 2 nitrogen and oxygen atoms in total. The molecule has 0 saturated carbocycles. The van der Waals surface area contributed by atoms with Gasteiger partial charge in [-0.1, -0.05) is 12.1 Å². The van der Waals surface area contributed by atoms with Gasteiger partial charge in [-0.25, -0.2) is 0 Å². The summed E-state index contributed by atoms with van der Waals surface area (Å²) in [5.74, 6) is 2.80. The first-order valence-electron chi connectivity index (χ1n) is 6.92. The van der Waals surface area contributed by atoms with Crippen molar-refractivity contribution in [2.24, 2.45) is 0 Å². The highest BCUT2D eigenvalue weighted by Crippen LogP contribution is 2.32. The Kier molecular flexibility index (Phi) is 4.88. The van der Waals surface area contributed by atoms with E-state index in [0.717, 1.165) is 34.9 Å². The molecule has 0 radical (unpaired) electrons. The molecule has 0 fully saturated rings. The lowest BCUT2D eigenvalue weighted by atomic mass is 10.1. The van der Waals surface area contributed by atoms with E-state index in [1.807, 2.05) is 42.1 Å². The molecule has 21 heavy (non-hydrogen) atoms. The molecule has 0 aliphatic carbocycles. The number of carbonyl (C=O) groups is 1. The number of fused-ring (bicyclic) bond motifs is 1. The molecule has 110 valence electrons. The van der Waals surface area contributed by atoms with Crippen LogP contribution in [0.4, 0.5) is 5.69 Å². The molecule has 0 unspecified atom stereocenters.